The largest absolute Gasteiger partial charge is 0.457 e. The van der Waals surface area contributed by atoms with Crippen LogP contribution < -0.4 is 66.8 Å². The number of ether oxygens (including phenoxy) is 2. The number of nitrogens with zero attached hydrogens (tertiary/aromatic N) is 5. The van der Waals surface area contributed by atoms with Crippen molar-refractivity contribution in [3.8, 4) is 23.0 Å². The molecule has 0 saturated heterocycles. The highest BCUT2D eigenvalue weighted by Gasteiger charge is 2.59. The van der Waals surface area contributed by atoms with Crippen LogP contribution in [-0.2, 0) is 0 Å². The molecule has 0 N–H and O–H groups in total. The molecule has 1 unspecified atom stereocenters. The van der Waals surface area contributed by atoms with Crippen molar-refractivity contribution >= 4 is 132 Å². The van der Waals surface area contributed by atoms with E-state index in [0.717, 1.165) is 74.2 Å². The van der Waals surface area contributed by atoms with E-state index < -0.39 is 0 Å². The van der Waals surface area contributed by atoms with E-state index in [4.69, 9.17) is 9.47 Å². The van der Waals surface area contributed by atoms with Gasteiger partial charge in [-0.3, -0.25) is 0 Å². The Morgan fingerprint density at radius 2 is 0.658 bits per heavy atom. The third-order valence-corrected chi connectivity index (χ3v) is 17.5. The summed E-state index contributed by atoms with van der Waals surface area (Å²) in [5, 5.41) is 0. The van der Waals surface area contributed by atoms with Gasteiger partial charge in [0.15, 0.2) is 11.5 Å². The number of hydrogen-bond donors (Lipinski definition) is 0. The summed E-state index contributed by atoms with van der Waals surface area (Å²) in [5.74, 6) is 3.50. The first-order chi connectivity index (χ1) is 37.8. The second-order valence-electron chi connectivity index (χ2n) is 21.0. The Morgan fingerprint density at radius 3 is 1.25 bits per heavy atom. The first-order valence-corrected chi connectivity index (χ1v) is 26.4. The summed E-state index contributed by atoms with van der Waals surface area (Å²) in [5.41, 5.74) is 28.5. The molecule has 8 aliphatic rings. The minimum Gasteiger partial charge on any atom is -0.457 e. The lowest BCUT2D eigenvalue weighted by Crippen LogP contribution is -2.69. The van der Waals surface area contributed by atoms with Gasteiger partial charge < -0.3 is 34.0 Å². The van der Waals surface area contributed by atoms with Crippen LogP contribution >= 0.6 is 0 Å². The van der Waals surface area contributed by atoms with Crippen molar-refractivity contribution in [2.45, 2.75) is 5.92 Å². The highest BCUT2D eigenvalue weighted by atomic mass is 16.5. The Bertz CT molecular complexity index is 4120. The number of fused-ring (bicyclic) bond motifs is 8. The minimum absolute atomic E-state index is 0.0436. The smallest absolute Gasteiger partial charge is 0.258 e. The summed E-state index contributed by atoms with van der Waals surface area (Å²) in [6.45, 7) is -0.353. The lowest BCUT2D eigenvalue weighted by atomic mass is 9.27. The third kappa shape index (κ3) is 4.67. The van der Waals surface area contributed by atoms with Crippen LogP contribution in [-0.4, -0.2) is 13.4 Å². The summed E-state index contributed by atoms with van der Waals surface area (Å²) < 4.78 is 14.1. The maximum atomic E-state index is 7.07. The summed E-state index contributed by atoms with van der Waals surface area (Å²) in [4.78, 5) is 13.0. The van der Waals surface area contributed by atoms with Crippen molar-refractivity contribution in [2.24, 2.45) is 0 Å². The predicted molar refractivity (Wildman–Crippen MR) is 310 cm³/mol. The van der Waals surface area contributed by atoms with Crippen molar-refractivity contribution in [1.82, 2.24) is 0 Å². The quantitative estimate of drug-likeness (QED) is 0.163. The minimum atomic E-state index is -0.193. The molecule has 8 aliphatic heterocycles. The molecule has 0 radical (unpaired) electrons. The topological polar surface area (TPSA) is 34.7 Å². The Balaban J connectivity index is 1.06. The molecule has 0 fully saturated rings. The Kier molecular flexibility index (Phi) is 7.33. The van der Waals surface area contributed by atoms with E-state index in [0.29, 0.717) is 0 Å². The van der Waals surface area contributed by atoms with Gasteiger partial charge in [-0.1, -0.05) is 121 Å². The van der Waals surface area contributed by atoms with E-state index in [-0.39, 0.29) is 19.3 Å². The molecule has 0 aromatic heterocycles. The van der Waals surface area contributed by atoms with Crippen LogP contribution in [0.3, 0.4) is 0 Å². The van der Waals surface area contributed by atoms with Gasteiger partial charge >= 0.3 is 0 Å². The molecule has 11 aromatic carbocycles. The number of hydrogen-bond acceptors (Lipinski definition) is 7. The van der Waals surface area contributed by atoms with Gasteiger partial charge in [-0.2, -0.15) is 0 Å². The van der Waals surface area contributed by atoms with E-state index in [9.17, 15) is 0 Å². The molecular weight excluding hydrogens is 928 g/mol. The molecule has 0 saturated carbocycles. The maximum absolute atomic E-state index is 7.07. The molecule has 9 heteroatoms. The first kappa shape index (κ1) is 39.7. The van der Waals surface area contributed by atoms with E-state index >= 15 is 0 Å². The molecule has 7 nitrogen and oxygen atoms in total. The van der Waals surface area contributed by atoms with Gasteiger partial charge in [-0.05, 0) is 148 Å². The highest BCUT2D eigenvalue weighted by Crippen LogP contribution is 2.63. The second-order valence-corrected chi connectivity index (χ2v) is 21.0. The van der Waals surface area contributed by atoms with Crippen LogP contribution in [0.25, 0.3) is 0 Å². The van der Waals surface area contributed by atoms with E-state index in [1.54, 1.807) is 0 Å². The van der Waals surface area contributed by atoms with Crippen LogP contribution in [0.15, 0.2) is 231 Å². The van der Waals surface area contributed by atoms with Crippen molar-refractivity contribution in [3.05, 3.63) is 247 Å². The van der Waals surface area contributed by atoms with Crippen molar-refractivity contribution in [3.63, 3.8) is 0 Å². The van der Waals surface area contributed by atoms with E-state index in [2.05, 4.69) is 255 Å². The molecule has 19 rings (SSSR count). The normalized spacial score (nSPS) is 15.8. The summed E-state index contributed by atoms with van der Waals surface area (Å²) in [7, 11) is 0. The molecule has 350 valence electrons. The van der Waals surface area contributed by atoms with Gasteiger partial charge in [0.2, 0.25) is 0 Å². The SMILES string of the molecule is c1ccc(N2c3cccc4c3B3c5c(ccc6c5C4c4ccccc4O6)N(c4ccccc4)c4c3c2c2c3c4N(c4ccccc4)c4cccc5c4B3c3c(ccc4c3N5c3ccccc3O4)N2c2ccccc2)cc1. The van der Waals surface area contributed by atoms with Gasteiger partial charge in [0.1, 0.15) is 11.5 Å². The van der Waals surface area contributed by atoms with E-state index in [1.165, 1.54) is 83.6 Å². The zero-order chi connectivity index (χ0) is 49.1. The van der Waals surface area contributed by atoms with Gasteiger partial charge in [0.25, 0.3) is 13.4 Å². The monoisotopic (exact) mass is 967 g/mol. The average molecular weight is 968 g/mol. The van der Waals surface area contributed by atoms with Crippen LogP contribution in [0.5, 0.6) is 23.0 Å². The van der Waals surface area contributed by atoms with Crippen LogP contribution in [0.1, 0.15) is 22.6 Å². The lowest BCUT2D eigenvalue weighted by Gasteiger charge is -2.55. The Morgan fingerprint density at radius 1 is 0.250 bits per heavy atom. The third-order valence-electron chi connectivity index (χ3n) is 17.5. The van der Waals surface area contributed by atoms with Gasteiger partial charge in [0, 0.05) is 68.2 Å². The Hall–Kier alpha value is -9.85. The summed E-state index contributed by atoms with van der Waals surface area (Å²) in [6, 6.07) is 84.9. The zero-order valence-electron chi connectivity index (χ0n) is 40.7. The fraction of sp³-hybridized carbons (Fsp3) is 0.0149. The average Bonchev–Trinajstić information content (AvgIpc) is 3.52. The van der Waals surface area contributed by atoms with E-state index in [1.807, 2.05) is 0 Å². The van der Waals surface area contributed by atoms with Crippen LogP contribution in [0.2, 0.25) is 0 Å². The molecule has 1 atom stereocenters. The van der Waals surface area contributed by atoms with Crippen LogP contribution in [0, 0.1) is 0 Å². The van der Waals surface area contributed by atoms with Crippen molar-refractivity contribution < 1.29 is 9.47 Å². The molecule has 8 heterocycles. The molecule has 0 amide bonds. The fourth-order valence-electron chi connectivity index (χ4n) is 15.0. The summed E-state index contributed by atoms with van der Waals surface area (Å²) >= 11 is 0. The molecule has 0 spiro atoms. The molecular formula is C67H39B2N5O2. The molecule has 0 aliphatic carbocycles. The standard InChI is InChI=1S/C67H39B2N5O2/c1-5-19-39(20-6-1)70-46-30-17-28-44-55-43-27-13-15-33-51(43)75-53-37-35-49-59(56(53)55)68(57(44)46)61-64(70)67-62-66(65(61)72(49)41-23-9-3-10-24-41)71(40-21-7-2-8-22-40)47-31-18-32-48-58(47)69(62)60-50(73(67)42-25-11-4-12-26-42)36-38-54-63(60)74(48)45-29-14-16-34-52(45)76-54/h1-38,55H. The molecule has 0 bridgehead atoms. The first-order valence-electron chi connectivity index (χ1n) is 26.4. The Labute approximate surface area is 439 Å². The number of para-hydroxylation sites is 7. The second kappa shape index (κ2) is 14.0. The molecule has 76 heavy (non-hydrogen) atoms. The molecule has 11 aromatic rings. The van der Waals surface area contributed by atoms with Gasteiger partial charge in [-0.25, -0.2) is 0 Å². The predicted octanol–water partition coefficient (Wildman–Crippen LogP) is 13.3. The number of anilines is 15. The van der Waals surface area contributed by atoms with Crippen molar-refractivity contribution in [1.29, 1.82) is 0 Å². The fourth-order valence-corrected chi connectivity index (χ4v) is 15.0. The number of rotatable bonds is 4. The number of benzene rings is 11. The summed E-state index contributed by atoms with van der Waals surface area (Å²) in [6.07, 6.45) is 0. The maximum Gasteiger partial charge on any atom is 0.258 e. The highest BCUT2D eigenvalue weighted by molar-refractivity contribution is 7.05. The van der Waals surface area contributed by atoms with Crippen molar-refractivity contribution in [2.75, 3.05) is 24.5 Å². The lowest BCUT2D eigenvalue weighted by molar-refractivity contribution is 0.454. The van der Waals surface area contributed by atoms with Crippen LogP contribution in [0.4, 0.5) is 85.3 Å². The van der Waals surface area contributed by atoms with Gasteiger partial charge in [0.05, 0.1) is 34.1 Å². The van der Waals surface area contributed by atoms with Gasteiger partial charge in [-0.15, -0.1) is 0 Å². The zero-order valence-corrected chi connectivity index (χ0v) is 40.7.